The summed E-state index contributed by atoms with van der Waals surface area (Å²) in [6.45, 7) is -0.218. The SMILES string of the molecule is N#CCOC(=O)c1c2c(nc3ccccc13)CCCC2. The van der Waals surface area contributed by atoms with Crippen molar-refractivity contribution in [2.75, 3.05) is 6.61 Å². The number of aromatic nitrogens is 1. The molecule has 0 bridgehead atoms. The van der Waals surface area contributed by atoms with Crippen LogP contribution in [0.4, 0.5) is 0 Å². The van der Waals surface area contributed by atoms with Crippen molar-refractivity contribution in [2.24, 2.45) is 0 Å². The van der Waals surface area contributed by atoms with Crippen LogP contribution in [0.3, 0.4) is 0 Å². The highest BCUT2D eigenvalue weighted by Gasteiger charge is 2.23. The van der Waals surface area contributed by atoms with E-state index in [1.54, 1.807) is 0 Å². The van der Waals surface area contributed by atoms with Gasteiger partial charge < -0.3 is 4.74 Å². The van der Waals surface area contributed by atoms with Gasteiger partial charge in [-0.05, 0) is 37.3 Å². The summed E-state index contributed by atoms with van der Waals surface area (Å²) in [6.07, 6.45) is 3.92. The minimum absolute atomic E-state index is 0.218. The highest BCUT2D eigenvalue weighted by Crippen LogP contribution is 2.29. The highest BCUT2D eigenvalue weighted by atomic mass is 16.5. The first-order chi connectivity index (χ1) is 9.81. The van der Waals surface area contributed by atoms with E-state index in [1.165, 1.54) is 0 Å². The molecule has 1 aromatic heterocycles. The third-order valence-corrected chi connectivity index (χ3v) is 3.64. The van der Waals surface area contributed by atoms with Gasteiger partial charge in [-0.1, -0.05) is 18.2 Å². The van der Waals surface area contributed by atoms with Gasteiger partial charge in [0.25, 0.3) is 0 Å². The lowest BCUT2D eigenvalue weighted by molar-refractivity contribution is 0.0555. The van der Waals surface area contributed by atoms with Gasteiger partial charge in [-0.15, -0.1) is 0 Å². The van der Waals surface area contributed by atoms with Crippen molar-refractivity contribution in [1.29, 1.82) is 5.26 Å². The third kappa shape index (κ3) is 2.12. The minimum Gasteiger partial charge on any atom is -0.447 e. The molecule has 20 heavy (non-hydrogen) atoms. The summed E-state index contributed by atoms with van der Waals surface area (Å²) in [6, 6.07) is 9.44. The van der Waals surface area contributed by atoms with Crippen LogP contribution in [0.2, 0.25) is 0 Å². The number of aryl methyl sites for hydroxylation is 1. The molecule has 2 aromatic rings. The van der Waals surface area contributed by atoms with Gasteiger partial charge in [0.2, 0.25) is 0 Å². The molecule has 0 N–H and O–H groups in total. The molecule has 0 amide bonds. The molecule has 0 saturated carbocycles. The van der Waals surface area contributed by atoms with Gasteiger partial charge in [-0.2, -0.15) is 5.26 Å². The second kappa shape index (κ2) is 5.30. The lowest BCUT2D eigenvalue weighted by Gasteiger charge is -2.19. The summed E-state index contributed by atoms with van der Waals surface area (Å²) in [7, 11) is 0. The number of carbonyl (C=O) groups excluding carboxylic acids is 1. The molecule has 0 aliphatic heterocycles. The number of nitriles is 1. The van der Waals surface area contributed by atoms with Crippen LogP contribution in [0.15, 0.2) is 24.3 Å². The first-order valence-corrected chi connectivity index (χ1v) is 6.76. The Labute approximate surface area is 117 Å². The number of benzene rings is 1. The normalized spacial score (nSPS) is 13.6. The standard InChI is InChI=1S/C16H14N2O2/c17-9-10-20-16(19)15-11-5-1-3-7-13(11)18-14-8-4-2-6-12(14)15/h1,3,5,7H,2,4,6,8,10H2. The molecular formula is C16H14N2O2. The van der Waals surface area contributed by atoms with Crippen LogP contribution in [0, 0.1) is 11.3 Å². The average molecular weight is 266 g/mol. The summed E-state index contributed by atoms with van der Waals surface area (Å²) in [4.78, 5) is 17.0. The summed E-state index contributed by atoms with van der Waals surface area (Å²) in [5.41, 5.74) is 3.41. The molecule has 4 heteroatoms. The zero-order valence-electron chi connectivity index (χ0n) is 11.1. The zero-order chi connectivity index (χ0) is 13.9. The smallest absolute Gasteiger partial charge is 0.340 e. The minimum atomic E-state index is -0.414. The number of hydrogen-bond acceptors (Lipinski definition) is 4. The summed E-state index contributed by atoms with van der Waals surface area (Å²) >= 11 is 0. The molecule has 0 radical (unpaired) electrons. The number of carbonyl (C=O) groups is 1. The number of hydrogen-bond donors (Lipinski definition) is 0. The fourth-order valence-electron chi connectivity index (χ4n) is 2.78. The van der Waals surface area contributed by atoms with Crippen LogP contribution >= 0.6 is 0 Å². The number of ether oxygens (including phenoxy) is 1. The number of rotatable bonds is 2. The van der Waals surface area contributed by atoms with E-state index in [-0.39, 0.29) is 6.61 Å². The molecule has 0 spiro atoms. The molecule has 1 aliphatic rings. The van der Waals surface area contributed by atoms with Gasteiger partial charge >= 0.3 is 5.97 Å². The van der Waals surface area contributed by atoms with Crippen molar-refractivity contribution < 1.29 is 9.53 Å². The Hall–Kier alpha value is -2.41. The van der Waals surface area contributed by atoms with Crippen molar-refractivity contribution in [2.45, 2.75) is 25.7 Å². The van der Waals surface area contributed by atoms with Gasteiger partial charge in [0.05, 0.1) is 11.1 Å². The van der Waals surface area contributed by atoms with E-state index in [0.717, 1.165) is 47.8 Å². The van der Waals surface area contributed by atoms with Crippen molar-refractivity contribution in [1.82, 2.24) is 4.98 Å². The van der Waals surface area contributed by atoms with Gasteiger partial charge in [0.15, 0.2) is 6.61 Å². The maximum Gasteiger partial charge on any atom is 0.340 e. The van der Waals surface area contributed by atoms with E-state index in [4.69, 9.17) is 10.00 Å². The molecule has 1 heterocycles. The first-order valence-electron chi connectivity index (χ1n) is 6.76. The number of esters is 1. The molecule has 100 valence electrons. The molecule has 0 fully saturated rings. The van der Waals surface area contributed by atoms with E-state index in [9.17, 15) is 4.79 Å². The van der Waals surface area contributed by atoms with E-state index in [1.807, 2.05) is 30.3 Å². The fraction of sp³-hybridized carbons (Fsp3) is 0.312. The lowest BCUT2D eigenvalue weighted by Crippen LogP contribution is -2.15. The van der Waals surface area contributed by atoms with Gasteiger partial charge in [0, 0.05) is 11.1 Å². The summed E-state index contributed by atoms with van der Waals surface area (Å²) < 4.78 is 5.02. The van der Waals surface area contributed by atoms with Gasteiger partial charge in [-0.25, -0.2) is 4.79 Å². The van der Waals surface area contributed by atoms with Crippen LogP contribution in [0.5, 0.6) is 0 Å². The maximum atomic E-state index is 12.3. The van der Waals surface area contributed by atoms with Crippen LogP contribution in [0.25, 0.3) is 10.9 Å². The van der Waals surface area contributed by atoms with E-state index >= 15 is 0 Å². The molecule has 1 aliphatic carbocycles. The molecule has 0 unspecified atom stereocenters. The van der Waals surface area contributed by atoms with Crippen LogP contribution in [-0.2, 0) is 17.6 Å². The topological polar surface area (TPSA) is 63.0 Å². The highest BCUT2D eigenvalue weighted by molar-refractivity contribution is 6.05. The number of nitrogens with zero attached hydrogens (tertiary/aromatic N) is 2. The third-order valence-electron chi connectivity index (χ3n) is 3.64. The Morgan fingerprint density at radius 2 is 2.10 bits per heavy atom. The Kier molecular flexibility index (Phi) is 3.34. The van der Waals surface area contributed by atoms with Crippen LogP contribution in [-0.4, -0.2) is 17.6 Å². The van der Waals surface area contributed by atoms with Crippen molar-refractivity contribution in [3.63, 3.8) is 0 Å². The monoisotopic (exact) mass is 266 g/mol. The Balaban J connectivity index is 2.21. The molecule has 0 atom stereocenters. The molecule has 4 nitrogen and oxygen atoms in total. The van der Waals surface area contributed by atoms with Crippen molar-refractivity contribution in [3.05, 3.63) is 41.1 Å². The molecule has 3 rings (SSSR count). The summed E-state index contributed by atoms with van der Waals surface area (Å²) in [5.74, 6) is -0.414. The first kappa shape index (κ1) is 12.6. The Morgan fingerprint density at radius 1 is 1.30 bits per heavy atom. The summed E-state index contributed by atoms with van der Waals surface area (Å²) in [5, 5.41) is 9.39. The largest absolute Gasteiger partial charge is 0.447 e. The number of pyridine rings is 1. The zero-order valence-corrected chi connectivity index (χ0v) is 11.1. The molecule has 0 saturated heterocycles. The lowest BCUT2D eigenvalue weighted by atomic mass is 9.90. The predicted molar refractivity (Wildman–Crippen MR) is 74.3 cm³/mol. The van der Waals surface area contributed by atoms with Crippen LogP contribution in [0.1, 0.15) is 34.5 Å². The van der Waals surface area contributed by atoms with Crippen LogP contribution < -0.4 is 0 Å². The average Bonchev–Trinajstić information content (AvgIpc) is 2.50. The molecule has 1 aromatic carbocycles. The van der Waals surface area contributed by atoms with E-state index < -0.39 is 5.97 Å². The van der Waals surface area contributed by atoms with Gasteiger partial charge in [0.1, 0.15) is 6.07 Å². The van der Waals surface area contributed by atoms with E-state index in [0.29, 0.717) is 5.56 Å². The Morgan fingerprint density at radius 3 is 2.95 bits per heavy atom. The quantitative estimate of drug-likeness (QED) is 0.784. The number of fused-ring (bicyclic) bond motifs is 2. The second-order valence-corrected chi connectivity index (χ2v) is 4.87. The molecular weight excluding hydrogens is 252 g/mol. The maximum absolute atomic E-state index is 12.3. The van der Waals surface area contributed by atoms with Crippen molar-refractivity contribution >= 4 is 16.9 Å². The van der Waals surface area contributed by atoms with Gasteiger partial charge in [-0.3, -0.25) is 4.98 Å². The van der Waals surface area contributed by atoms with Crippen molar-refractivity contribution in [3.8, 4) is 6.07 Å². The van der Waals surface area contributed by atoms with E-state index in [2.05, 4.69) is 4.98 Å². The Bertz CT molecular complexity index is 716. The number of para-hydroxylation sites is 1. The fourth-order valence-corrected chi connectivity index (χ4v) is 2.78. The predicted octanol–water partition coefficient (Wildman–Crippen LogP) is 2.79. The second-order valence-electron chi connectivity index (χ2n) is 4.87.